The highest BCUT2D eigenvalue weighted by Crippen LogP contribution is 2.25. The van der Waals surface area contributed by atoms with Crippen LogP contribution in [-0.2, 0) is 16.6 Å². The van der Waals surface area contributed by atoms with Crippen molar-refractivity contribution in [3.63, 3.8) is 0 Å². The van der Waals surface area contributed by atoms with Crippen molar-refractivity contribution in [2.24, 2.45) is 0 Å². The second kappa shape index (κ2) is 5.43. The molecule has 0 unspecified atom stereocenters. The van der Waals surface area contributed by atoms with E-state index in [0.717, 1.165) is 6.07 Å². The van der Waals surface area contributed by atoms with E-state index in [-0.39, 0.29) is 27.1 Å². The van der Waals surface area contributed by atoms with Crippen LogP contribution in [0.3, 0.4) is 0 Å². The molecule has 0 aliphatic rings. The van der Waals surface area contributed by atoms with Gasteiger partial charge in [-0.25, -0.2) is 12.8 Å². The normalized spacial score (nSPS) is 11.6. The molecule has 1 aromatic heterocycles. The first-order valence-electron chi connectivity index (χ1n) is 5.51. The number of aryl methyl sites for hydroxylation is 1. The zero-order valence-electron chi connectivity index (χ0n) is 10.4. The molecule has 0 atom stereocenters. The molecular formula is C12H11ClFNO4S. The third-order valence-corrected chi connectivity index (χ3v) is 4.25. The zero-order chi connectivity index (χ0) is 14.9. The highest BCUT2D eigenvalue weighted by molar-refractivity contribution is 7.92. The predicted molar refractivity (Wildman–Crippen MR) is 71.6 cm³/mol. The Hall–Kier alpha value is -1.57. The first-order chi connectivity index (χ1) is 9.33. The molecule has 5 nitrogen and oxygen atoms in total. The molecule has 0 saturated heterocycles. The zero-order valence-corrected chi connectivity index (χ0v) is 11.9. The van der Waals surface area contributed by atoms with Crippen LogP contribution in [0.1, 0.15) is 11.5 Å². The smallest absolute Gasteiger partial charge is 0.265 e. The molecular weight excluding hydrogens is 309 g/mol. The van der Waals surface area contributed by atoms with Gasteiger partial charge < -0.3 is 9.52 Å². The van der Waals surface area contributed by atoms with Crippen molar-refractivity contribution >= 4 is 27.3 Å². The van der Waals surface area contributed by atoms with Gasteiger partial charge in [-0.2, -0.15) is 0 Å². The van der Waals surface area contributed by atoms with Gasteiger partial charge >= 0.3 is 0 Å². The number of aliphatic hydroxyl groups excluding tert-OH is 1. The van der Waals surface area contributed by atoms with Crippen LogP contribution < -0.4 is 4.72 Å². The van der Waals surface area contributed by atoms with Gasteiger partial charge in [0.25, 0.3) is 10.0 Å². The molecule has 108 valence electrons. The van der Waals surface area contributed by atoms with Crippen LogP contribution in [0.15, 0.2) is 33.6 Å². The largest absolute Gasteiger partial charge is 0.462 e. The molecule has 2 N–H and O–H groups in total. The number of rotatable bonds is 4. The first-order valence-corrected chi connectivity index (χ1v) is 7.37. The summed E-state index contributed by atoms with van der Waals surface area (Å²) in [4.78, 5) is -0.157. The molecule has 0 amide bonds. The molecule has 1 aromatic carbocycles. The van der Waals surface area contributed by atoms with Crippen molar-refractivity contribution in [1.82, 2.24) is 0 Å². The average molecular weight is 320 g/mol. The topological polar surface area (TPSA) is 79.5 Å². The lowest BCUT2D eigenvalue weighted by atomic mass is 10.3. The number of hydrogen-bond donors (Lipinski definition) is 2. The van der Waals surface area contributed by atoms with Crippen molar-refractivity contribution in [2.45, 2.75) is 18.4 Å². The van der Waals surface area contributed by atoms with E-state index in [2.05, 4.69) is 4.72 Å². The summed E-state index contributed by atoms with van der Waals surface area (Å²) >= 11 is 5.59. The van der Waals surface area contributed by atoms with Crippen LogP contribution >= 0.6 is 11.6 Å². The summed E-state index contributed by atoms with van der Waals surface area (Å²) in [5.74, 6) is -0.569. The SMILES string of the molecule is Cc1oc(CO)cc1S(=O)(=O)Nc1ccc(Cl)cc1F. The van der Waals surface area contributed by atoms with Crippen molar-refractivity contribution in [3.05, 3.63) is 46.6 Å². The quantitative estimate of drug-likeness (QED) is 0.908. The standard InChI is InChI=1S/C12H11ClFNO4S/c1-7-12(5-9(6-16)19-7)20(17,18)15-11-3-2-8(13)4-10(11)14/h2-5,15-16H,6H2,1H3. The summed E-state index contributed by atoms with van der Waals surface area (Å²) < 4.78 is 45.0. The van der Waals surface area contributed by atoms with Gasteiger partial charge in [-0.15, -0.1) is 0 Å². The molecule has 0 bridgehead atoms. The Morgan fingerprint density at radius 3 is 2.65 bits per heavy atom. The average Bonchev–Trinajstić information content (AvgIpc) is 2.75. The molecule has 0 saturated carbocycles. The van der Waals surface area contributed by atoms with Gasteiger partial charge in [0.05, 0.1) is 5.69 Å². The second-order valence-electron chi connectivity index (χ2n) is 4.02. The van der Waals surface area contributed by atoms with Gasteiger partial charge in [-0.1, -0.05) is 11.6 Å². The van der Waals surface area contributed by atoms with Crippen molar-refractivity contribution in [2.75, 3.05) is 4.72 Å². The number of hydrogen-bond acceptors (Lipinski definition) is 4. The highest BCUT2D eigenvalue weighted by Gasteiger charge is 2.22. The van der Waals surface area contributed by atoms with E-state index in [9.17, 15) is 12.8 Å². The maximum atomic E-state index is 13.6. The fraction of sp³-hybridized carbons (Fsp3) is 0.167. The van der Waals surface area contributed by atoms with Crippen molar-refractivity contribution in [3.8, 4) is 0 Å². The van der Waals surface area contributed by atoms with E-state index in [1.54, 1.807) is 0 Å². The number of anilines is 1. The van der Waals surface area contributed by atoms with E-state index < -0.39 is 22.4 Å². The van der Waals surface area contributed by atoms with E-state index >= 15 is 0 Å². The van der Waals surface area contributed by atoms with Crippen LogP contribution in [0.4, 0.5) is 10.1 Å². The van der Waals surface area contributed by atoms with E-state index in [1.165, 1.54) is 25.1 Å². The van der Waals surface area contributed by atoms with Crippen LogP contribution in [-0.4, -0.2) is 13.5 Å². The Morgan fingerprint density at radius 2 is 2.10 bits per heavy atom. The lowest BCUT2D eigenvalue weighted by Crippen LogP contribution is -2.14. The van der Waals surface area contributed by atoms with Crippen LogP contribution in [0.25, 0.3) is 0 Å². The Kier molecular flexibility index (Phi) is 4.03. The fourth-order valence-corrected chi connectivity index (χ4v) is 3.07. The predicted octanol–water partition coefficient (Wildman–Crippen LogP) is 2.67. The van der Waals surface area contributed by atoms with Gasteiger partial charge in [0.15, 0.2) is 0 Å². The van der Waals surface area contributed by atoms with Crippen LogP contribution in [0.2, 0.25) is 5.02 Å². The molecule has 1 heterocycles. The summed E-state index contributed by atoms with van der Waals surface area (Å²) in [5, 5.41) is 9.08. The van der Waals surface area contributed by atoms with Gasteiger partial charge in [0, 0.05) is 11.1 Å². The van der Waals surface area contributed by atoms with Crippen molar-refractivity contribution in [1.29, 1.82) is 0 Å². The van der Waals surface area contributed by atoms with Crippen molar-refractivity contribution < 1.29 is 22.3 Å². The molecule has 20 heavy (non-hydrogen) atoms. The Bertz CT molecular complexity index is 742. The van der Waals surface area contributed by atoms with E-state index in [4.69, 9.17) is 21.1 Å². The minimum Gasteiger partial charge on any atom is -0.462 e. The minimum atomic E-state index is -4.01. The second-order valence-corrected chi connectivity index (χ2v) is 6.11. The monoisotopic (exact) mass is 319 g/mol. The summed E-state index contributed by atoms with van der Waals surface area (Å²) in [6.07, 6.45) is 0. The van der Waals surface area contributed by atoms with Gasteiger partial charge in [0.1, 0.15) is 28.8 Å². The van der Waals surface area contributed by atoms with Crippen LogP contribution in [0.5, 0.6) is 0 Å². The number of aliphatic hydroxyl groups is 1. The van der Waals surface area contributed by atoms with Gasteiger partial charge in [-0.3, -0.25) is 4.72 Å². The van der Waals surface area contributed by atoms with E-state index in [1.807, 2.05) is 0 Å². The third-order valence-electron chi connectivity index (χ3n) is 2.54. The fourth-order valence-electron chi connectivity index (χ4n) is 1.64. The number of nitrogens with one attached hydrogen (secondary N) is 1. The number of furan rings is 1. The maximum Gasteiger partial charge on any atom is 0.265 e. The molecule has 0 aliphatic carbocycles. The van der Waals surface area contributed by atoms with Gasteiger partial charge in [-0.05, 0) is 25.1 Å². The summed E-state index contributed by atoms with van der Waals surface area (Å²) in [5.41, 5.74) is -0.222. The molecule has 2 aromatic rings. The van der Waals surface area contributed by atoms with E-state index in [0.29, 0.717) is 0 Å². The summed E-state index contributed by atoms with van der Waals surface area (Å²) in [7, 11) is -4.01. The van der Waals surface area contributed by atoms with Crippen LogP contribution in [0, 0.1) is 12.7 Å². The number of sulfonamides is 1. The number of benzene rings is 1. The molecule has 2 rings (SSSR count). The third kappa shape index (κ3) is 2.95. The Labute approximate surface area is 120 Å². The summed E-state index contributed by atoms with van der Waals surface area (Å²) in [6, 6.07) is 4.77. The molecule has 8 heteroatoms. The minimum absolute atomic E-state index is 0.107. The lowest BCUT2D eigenvalue weighted by molar-refractivity contribution is 0.245. The molecule has 0 fully saturated rings. The summed E-state index contributed by atoms with van der Waals surface area (Å²) in [6.45, 7) is 1.01. The maximum absolute atomic E-state index is 13.6. The van der Waals surface area contributed by atoms with Gasteiger partial charge in [0.2, 0.25) is 0 Å². The number of halogens is 2. The Balaban J connectivity index is 2.38. The molecule has 0 spiro atoms. The Morgan fingerprint density at radius 1 is 1.40 bits per heavy atom. The molecule has 0 aliphatic heterocycles. The highest BCUT2D eigenvalue weighted by atomic mass is 35.5. The lowest BCUT2D eigenvalue weighted by Gasteiger charge is -2.08. The molecule has 0 radical (unpaired) electrons. The first kappa shape index (κ1) is 14.8.